The van der Waals surface area contributed by atoms with E-state index in [-0.39, 0.29) is 13.0 Å². The topological polar surface area (TPSA) is 79.2 Å². The summed E-state index contributed by atoms with van der Waals surface area (Å²) in [5.41, 5.74) is 0. The Labute approximate surface area is 115 Å². The van der Waals surface area contributed by atoms with Gasteiger partial charge in [0.25, 0.3) is 0 Å². The van der Waals surface area contributed by atoms with Crippen LogP contribution in [0.2, 0.25) is 0 Å². The maximum absolute atomic E-state index is 9.73. The predicted octanol–water partition coefficient (Wildman–Crippen LogP) is 1.19. The summed E-state index contributed by atoms with van der Waals surface area (Å²) in [6.07, 6.45) is 4.22. The number of ether oxygens (including phenoxy) is 2. The van der Waals surface area contributed by atoms with E-state index in [0.29, 0.717) is 6.61 Å². The van der Waals surface area contributed by atoms with Crippen LogP contribution in [-0.2, 0) is 9.47 Å². The highest BCUT2D eigenvalue weighted by molar-refractivity contribution is 4.80. The standard InChI is InChI=1S/C14H28O5/c1-2-3-4-5-6-7-8-18-14-12(17)9-11(16)13(10-15)19-14/h11-17H,2-10H2,1H3/t11-,12-,13-,14-/m1/s1. The van der Waals surface area contributed by atoms with Gasteiger partial charge in [-0.3, -0.25) is 0 Å². The van der Waals surface area contributed by atoms with Crippen molar-refractivity contribution in [3.05, 3.63) is 0 Å². The van der Waals surface area contributed by atoms with Gasteiger partial charge >= 0.3 is 0 Å². The highest BCUT2D eigenvalue weighted by Crippen LogP contribution is 2.21. The van der Waals surface area contributed by atoms with Crippen molar-refractivity contribution < 1.29 is 24.8 Å². The molecule has 3 N–H and O–H groups in total. The molecule has 1 rings (SSSR count). The molecule has 0 aliphatic carbocycles. The van der Waals surface area contributed by atoms with Crippen LogP contribution >= 0.6 is 0 Å². The molecule has 1 aliphatic rings. The average molecular weight is 276 g/mol. The van der Waals surface area contributed by atoms with Gasteiger partial charge in [0.05, 0.1) is 12.7 Å². The average Bonchev–Trinajstić information content (AvgIpc) is 2.40. The molecular formula is C14H28O5. The third-order valence-electron chi connectivity index (χ3n) is 3.50. The fourth-order valence-corrected chi connectivity index (χ4v) is 2.26. The van der Waals surface area contributed by atoms with Gasteiger partial charge in [-0.25, -0.2) is 0 Å². The van der Waals surface area contributed by atoms with E-state index in [1.807, 2.05) is 0 Å². The number of unbranched alkanes of at least 4 members (excludes halogenated alkanes) is 5. The van der Waals surface area contributed by atoms with Crippen LogP contribution in [0.25, 0.3) is 0 Å². The SMILES string of the molecule is CCCCCCCCO[C@@H]1O[C@H](CO)[C@H](O)C[C@H]1O. The molecule has 0 amide bonds. The maximum atomic E-state index is 9.73. The Hall–Kier alpha value is -0.200. The van der Waals surface area contributed by atoms with Gasteiger partial charge < -0.3 is 24.8 Å². The fraction of sp³-hybridized carbons (Fsp3) is 1.00. The minimum Gasteiger partial charge on any atom is -0.394 e. The number of aliphatic hydroxyl groups excluding tert-OH is 3. The van der Waals surface area contributed by atoms with Crippen molar-refractivity contribution in [2.24, 2.45) is 0 Å². The van der Waals surface area contributed by atoms with Crippen LogP contribution < -0.4 is 0 Å². The first-order valence-corrected chi connectivity index (χ1v) is 7.43. The second-order valence-electron chi connectivity index (χ2n) is 5.23. The summed E-state index contributed by atoms with van der Waals surface area (Å²) in [6.45, 7) is 2.48. The van der Waals surface area contributed by atoms with E-state index in [1.54, 1.807) is 0 Å². The molecule has 19 heavy (non-hydrogen) atoms. The summed E-state index contributed by atoms with van der Waals surface area (Å²) < 4.78 is 10.8. The minimum atomic E-state index is -0.825. The van der Waals surface area contributed by atoms with Crippen LogP contribution in [0.3, 0.4) is 0 Å². The molecule has 0 bridgehead atoms. The molecule has 1 saturated heterocycles. The minimum absolute atomic E-state index is 0.187. The summed E-state index contributed by atoms with van der Waals surface area (Å²) in [7, 11) is 0. The largest absolute Gasteiger partial charge is 0.394 e. The van der Waals surface area contributed by atoms with Gasteiger partial charge in [-0.2, -0.15) is 0 Å². The van der Waals surface area contributed by atoms with Crippen LogP contribution in [-0.4, -0.2) is 53.1 Å². The normalized spacial score (nSPS) is 31.6. The van der Waals surface area contributed by atoms with Crippen LogP contribution in [0.1, 0.15) is 51.9 Å². The van der Waals surface area contributed by atoms with Gasteiger partial charge in [-0.15, -0.1) is 0 Å². The van der Waals surface area contributed by atoms with Crippen LogP contribution in [0.5, 0.6) is 0 Å². The lowest BCUT2D eigenvalue weighted by Gasteiger charge is -2.36. The Morgan fingerprint density at radius 3 is 2.42 bits per heavy atom. The summed E-state index contributed by atoms with van der Waals surface area (Å²) in [5, 5.41) is 28.3. The van der Waals surface area contributed by atoms with Gasteiger partial charge in [-0.1, -0.05) is 39.0 Å². The summed E-state index contributed by atoms with van der Waals surface area (Å²) in [5.74, 6) is 0. The van der Waals surface area contributed by atoms with Gasteiger partial charge in [0.15, 0.2) is 6.29 Å². The molecular weight excluding hydrogens is 248 g/mol. The monoisotopic (exact) mass is 276 g/mol. The molecule has 4 atom stereocenters. The van der Waals surface area contributed by atoms with E-state index < -0.39 is 24.6 Å². The third-order valence-corrected chi connectivity index (χ3v) is 3.50. The lowest BCUT2D eigenvalue weighted by molar-refractivity contribution is -0.270. The summed E-state index contributed by atoms with van der Waals surface area (Å²) in [6, 6.07) is 0. The molecule has 0 radical (unpaired) electrons. The molecule has 0 aromatic carbocycles. The zero-order valence-corrected chi connectivity index (χ0v) is 11.8. The van der Waals surface area contributed by atoms with Crippen molar-refractivity contribution in [3.8, 4) is 0 Å². The van der Waals surface area contributed by atoms with Crippen molar-refractivity contribution in [2.45, 2.75) is 76.5 Å². The second-order valence-corrected chi connectivity index (χ2v) is 5.23. The first kappa shape index (κ1) is 16.9. The molecule has 5 heteroatoms. The van der Waals surface area contributed by atoms with Crippen molar-refractivity contribution in [2.75, 3.05) is 13.2 Å². The molecule has 1 aliphatic heterocycles. The maximum Gasteiger partial charge on any atom is 0.184 e. The lowest BCUT2D eigenvalue weighted by atomic mass is 10.0. The fourth-order valence-electron chi connectivity index (χ4n) is 2.26. The van der Waals surface area contributed by atoms with Gasteiger partial charge in [0.1, 0.15) is 12.2 Å². The number of aliphatic hydroxyl groups is 3. The van der Waals surface area contributed by atoms with Crippen molar-refractivity contribution in [3.63, 3.8) is 0 Å². The van der Waals surface area contributed by atoms with Gasteiger partial charge in [0.2, 0.25) is 0 Å². The van der Waals surface area contributed by atoms with E-state index in [2.05, 4.69) is 6.92 Å². The molecule has 0 aromatic rings. The smallest absolute Gasteiger partial charge is 0.184 e. The van der Waals surface area contributed by atoms with E-state index in [9.17, 15) is 10.2 Å². The van der Waals surface area contributed by atoms with E-state index >= 15 is 0 Å². The quantitative estimate of drug-likeness (QED) is 0.551. The van der Waals surface area contributed by atoms with E-state index in [1.165, 1.54) is 25.7 Å². The van der Waals surface area contributed by atoms with Crippen LogP contribution in [0, 0.1) is 0 Å². The molecule has 0 saturated carbocycles. The molecule has 1 fully saturated rings. The zero-order valence-electron chi connectivity index (χ0n) is 11.8. The third kappa shape index (κ3) is 6.19. The zero-order chi connectivity index (χ0) is 14.1. The molecule has 1 heterocycles. The van der Waals surface area contributed by atoms with E-state index in [0.717, 1.165) is 12.8 Å². The van der Waals surface area contributed by atoms with E-state index in [4.69, 9.17) is 14.6 Å². The molecule has 5 nitrogen and oxygen atoms in total. The summed E-state index contributed by atoms with van der Waals surface area (Å²) in [4.78, 5) is 0. The Balaban J connectivity index is 2.11. The van der Waals surface area contributed by atoms with Crippen LogP contribution in [0.4, 0.5) is 0 Å². The number of hydrogen-bond donors (Lipinski definition) is 3. The first-order valence-electron chi connectivity index (χ1n) is 7.43. The molecule has 114 valence electrons. The molecule has 0 aromatic heterocycles. The van der Waals surface area contributed by atoms with Crippen molar-refractivity contribution in [1.29, 1.82) is 0 Å². The van der Waals surface area contributed by atoms with Crippen molar-refractivity contribution >= 4 is 0 Å². The first-order chi connectivity index (χ1) is 9.19. The summed E-state index contributed by atoms with van der Waals surface area (Å²) >= 11 is 0. The van der Waals surface area contributed by atoms with Gasteiger partial charge in [0, 0.05) is 13.0 Å². The molecule has 0 unspecified atom stereocenters. The second kappa shape index (κ2) is 9.66. The Morgan fingerprint density at radius 1 is 1.05 bits per heavy atom. The molecule has 0 spiro atoms. The number of hydrogen-bond acceptors (Lipinski definition) is 5. The highest BCUT2D eigenvalue weighted by atomic mass is 16.7. The van der Waals surface area contributed by atoms with Crippen molar-refractivity contribution in [1.82, 2.24) is 0 Å². The Morgan fingerprint density at radius 2 is 1.74 bits per heavy atom. The predicted molar refractivity (Wildman–Crippen MR) is 71.7 cm³/mol. The Kier molecular flexibility index (Phi) is 8.57. The van der Waals surface area contributed by atoms with Gasteiger partial charge in [-0.05, 0) is 6.42 Å². The number of rotatable bonds is 9. The highest BCUT2D eigenvalue weighted by Gasteiger charge is 2.36. The lowest BCUT2D eigenvalue weighted by Crippen LogP contribution is -2.49. The Bertz CT molecular complexity index is 224. The van der Waals surface area contributed by atoms with Crippen LogP contribution in [0.15, 0.2) is 0 Å².